The highest BCUT2D eigenvalue weighted by atomic mass is 32.4. The van der Waals surface area contributed by atoms with Gasteiger partial charge in [0.1, 0.15) is 11.4 Å². The van der Waals surface area contributed by atoms with Crippen LogP contribution in [-0.4, -0.2) is 31.7 Å². The summed E-state index contributed by atoms with van der Waals surface area (Å²) < 4.78 is 68.3. The first-order valence-corrected chi connectivity index (χ1v) is 16.2. The van der Waals surface area contributed by atoms with Crippen molar-refractivity contribution in [2.24, 2.45) is 17.8 Å². The molecular weight excluding hydrogens is 558 g/mol. The Labute approximate surface area is 234 Å². The summed E-state index contributed by atoms with van der Waals surface area (Å²) in [4.78, 5) is 25.1. The molecule has 4 saturated carbocycles. The van der Waals surface area contributed by atoms with E-state index in [9.17, 15) is 18.7 Å². The fourth-order valence-electron chi connectivity index (χ4n) is 6.94. The van der Waals surface area contributed by atoms with E-state index in [0.29, 0.717) is 19.3 Å². The van der Waals surface area contributed by atoms with Gasteiger partial charge in [-0.15, -0.1) is 0 Å². The minimum atomic E-state index is -6.44. The third-order valence-electron chi connectivity index (χ3n) is 8.64. The van der Waals surface area contributed by atoms with Gasteiger partial charge in [0.05, 0.1) is 12.0 Å². The molecule has 0 aromatic heterocycles. The van der Waals surface area contributed by atoms with Gasteiger partial charge >= 0.3 is 11.2 Å². The third-order valence-corrected chi connectivity index (χ3v) is 14.7. The molecule has 2 N–H and O–H groups in total. The summed E-state index contributed by atoms with van der Waals surface area (Å²) in [6.45, 7) is 0. The number of esters is 1. The number of carbonyl (C=O) groups is 2. The summed E-state index contributed by atoms with van der Waals surface area (Å²) >= 11 is -0.617. The van der Waals surface area contributed by atoms with Gasteiger partial charge in [-0.05, 0) is 74.4 Å². The van der Waals surface area contributed by atoms with E-state index in [1.165, 1.54) is 36.4 Å². The predicted molar refractivity (Wildman–Crippen MR) is 148 cm³/mol. The maximum atomic E-state index is 15.7. The third kappa shape index (κ3) is 3.95. The van der Waals surface area contributed by atoms with Gasteiger partial charge in [-0.3, -0.25) is 4.79 Å². The van der Waals surface area contributed by atoms with Crippen LogP contribution in [-0.2, 0) is 18.0 Å². The monoisotopic (exact) mass is 588 g/mol. The highest BCUT2D eigenvalue weighted by molar-refractivity contribution is 8.55. The SMILES string of the molecule is O=C1C2CC3CC1CC(OC(=O)C(F)(F)SOS(O)(O)(c1ccccc1)(c1ccccc1)c1ccccc1)(C3)C2. The molecule has 7 rings (SSSR count). The van der Waals surface area contributed by atoms with E-state index < -0.39 is 38.0 Å². The number of halogens is 2. The van der Waals surface area contributed by atoms with Crippen LogP contribution in [0, 0.1) is 17.8 Å². The summed E-state index contributed by atoms with van der Waals surface area (Å²) in [6.07, 6.45) is 2.34. The molecule has 4 bridgehead atoms. The van der Waals surface area contributed by atoms with Crippen LogP contribution in [0.15, 0.2) is 106 Å². The second-order valence-corrected chi connectivity index (χ2v) is 16.6. The van der Waals surface area contributed by atoms with Gasteiger partial charge in [-0.2, -0.15) is 8.78 Å². The molecule has 2 atom stereocenters. The highest BCUT2D eigenvalue weighted by Gasteiger charge is 2.66. The van der Waals surface area contributed by atoms with Crippen molar-refractivity contribution in [3.05, 3.63) is 91.0 Å². The second-order valence-electron chi connectivity index (χ2n) is 11.3. The van der Waals surface area contributed by atoms with Crippen LogP contribution >= 0.6 is 21.2 Å². The van der Waals surface area contributed by atoms with Gasteiger partial charge in [-0.1, -0.05) is 54.6 Å². The first-order chi connectivity index (χ1) is 18.9. The van der Waals surface area contributed by atoms with Crippen LogP contribution in [0.3, 0.4) is 0 Å². The zero-order chi connectivity index (χ0) is 28.3. The van der Waals surface area contributed by atoms with Gasteiger partial charge < -0.3 is 13.8 Å². The lowest BCUT2D eigenvalue weighted by Gasteiger charge is -2.69. The lowest BCUT2D eigenvalue weighted by molar-refractivity contribution is -0.201. The van der Waals surface area contributed by atoms with Crippen molar-refractivity contribution in [3.8, 4) is 0 Å². The topological polar surface area (TPSA) is 93.1 Å². The van der Waals surface area contributed by atoms with Crippen LogP contribution < -0.4 is 0 Å². The summed E-state index contributed by atoms with van der Waals surface area (Å²) in [5, 5.41) is -4.30. The van der Waals surface area contributed by atoms with Crippen molar-refractivity contribution in [1.82, 2.24) is 0 Å². The fourth-order valence-corrected chi connectivity index (χ4v) is 12.2. The van der Waals surface area contributed by atoms with Gasteiger partial charge in [0, 0.05) is 35.7 Å². The Morgan fingerprint density at radius 1 is 0.800 bits per heavy atom. The molecular formula is C30H30F2O6S2. The molecule has 0 amide bonds. The molecule has 4 aliphatic carbocycles. The summed E-state index contributed by atoms with van der Waals surface area (Å²) in [5.41, 5.74) is -1.12. The lowest BCUT2D eigenvalue weighted by atomic mass is 9.53. The molecule has 212 valence electrons. The van der Waals surface area contributed by atoms with Crippen LogP contribution in [0.1, 0.15) is 32.1 Å². The maximum Gasteiger partial charge on any atom is 0.413 e. The maximum absolute atomic E-state index is 15.7. The van der Waals surface area contributed by atoms with Gasteiger partial charge in [0.15, 0.2) is 0 Å². The number of hydrogen-bond donors (Lipinski definition) is 2. The Morgan fingerprint density at radius 2 is 1.23 bits per heavy atom. The molecule has 0 saturated heterocycles. The molecule has 10 heteroatoms. The molecule has 6 nitrogen and oxygen atoms in total. The number of benzene rings is 3. The molecule has 0 spiro atoms. The van der Waals surface area contributed by atoms with Crippen LogP contribution in [0.5, 0.6) is 0 Å². The molecule has 2 unspecified atom stereocenters. The predicted octanol–water partition coefficient (Wildman–Crippen LogP) is 7.85. The first kappa shape index (κ1) is 27.4. The van der Waals surface area contributed by atoms with E-state index in [1.54, 1.807) is 54.6 Å². The van der Waals surface area contributed by atoms with Crippen LogP contribution in [0.2, 0.25) is 0 Å². The number of ketones is 1. The van der Waals surface area contributed by atoms with Crippen molar-refractivity contribution in [3.63, 3.8) is 0 Å². The highest BCUT2D eigenvalue weighted by Crippen LogP contribution is 2.99. The van der Waals surface area contributed by atoms with Gasteiger partial charge in [0.25, 0.3) is 0 Å². The molecule has 4 fully saturated rings. The van der Waals surface area contributed by atoms with Gasteiger partial charge in [-0.25, -0.2) is 8.42 Å². The average molecular weight is 589 g/mol. The molecule has 3 aromatic rings. The quantitative estimate of drug-likeness (QED) is 0.204. The minimum Gasteiger partial charge on any atom is -0.454 e. The molecule has 3 aromatic carbocycles. The van der Waals surface area contributed by atoms with E-state index in [1.807, 2.05) is 0 Å². The van der Waals surface area contributed by atoms with E-state index in [2.05, 4.69) is 0 Å². The summed E-state index contributed by atoms with van der Waals surface area (Å²) in [5.74, 6) is -2.07. The first-order valence-electron chi connectivity index (χ1n) is 13.2. The van der Waals surface area contributed by atoms with E-state index in [0.717, 1.165) is 0 Å². The van der Waals surface area contributed by atoms with Crippen molar-refractivity contribution in [1.29, 1.82) is 0 Å². The Kier molecular flexibility index (Phi) is 6.08. The normalized spacial score (nSPS) is 27.6. The van der Waals surface area contributed by atoms with Crippen molar-refractivity contribution < 1.29 is 35.8 Å². The van der Waals surface area contributed by atoms with E-state index >= 15 is 8.78 Å². The number of alkyl halides is 2. The molecule has 0 heterocycles. The Bertz CT molecular complexity index is 1340. The number of Topliss-reactive ketones (excluding diaryl/α,β-unsaturated/α-hetero) is 1. The van der Waals surface area contributed by atoms with E-state index in [-0.39, 0.29) is 51.1 Å². The van der Waals surface area contributed by atoms with Crippen molar-refractivity contribution in [2.75, 3.05) is 0 Å². The Morgan fingerprint density at radius 3 is 1.65 bits per heavy atom. The zero-order valence-electron chi connectivity index (χ0n) is 21.5. The number of carbonyl (C=O) groups excluding carboxylic acids is 2. The molecule has 0 aliphatic heterocycles. The summed E-state index contributed by atoms with van der Waals surface area (Å²) in [6, 6.07) is 22.6. The Balaban J connectivity index is 1.38. The lowest BCUT2D eigenvalue weighted by Crippen LogP contribution is -2.57. The zero-order valence-corrected chi connectivity index (χ0v) is 23.2. The van der Waals surface area contributed by atoms with Crippen LogP contribution in [0.4, 0.5) is 8.78 Å². The number of hydrogen-bond acceptors (Lipinski definition) is 7. The Hall–Kier alpha value is -2.76. The minimum absolute atomic E-state index is 0.139. The van der Waals surface area contributed by atoms with Crippen molar-refractivity contribution >= 4 is 32.9 Å². The largest absolute Gasteiger partial charge is 0.454 e. The van der Waals surface area contributed by atoms with Crippen molar-refractivity contribution in [2.45, 2.75) is 57.6 Å². The standard InChI is InChI=1S/C30H30F2O6S2/c31-30(32,28(34)37-29-18-21-16-22(19-29)27(33)23(17-21)20-29)39-38-40(35,36,24-10-4-1-5-11-24,25-12-6-2-7-13-25)26-14-8-3-9-15-26/h1-15,21-23,35-36H,16-20H2. The molecule has 0 radical (unpaired) electrons. The van der Waals surface area contributed by atoms with Crippen LogP contribution in [0.25, 0.3) is 0 Å². The summed E-state index contributed by atoms with van der Waals surface area (Å²) in [7, 11) is -6.44. The smallest absolute Gasteiger partial charge is 0.413 e. The number of rotatable bonds is 8. The molecule has 40 heavy (non-hydrogen) atoms. The molecule has 4 aliphatic rings. The second kappa shape index (κ2) is 8.87. The fraction of sp³-hybridized carbons (Fsp3) is 0.333. The average Bonchev–Trinajstić information content (AvgIpc) is 2.96. The van der Waals surface area contributed by atoms with E-state index in [4.69, 9.17) is 8.37 Å². The van der Waals surface area contributed by atoms with Gasteiger partial charge in [0.2, 0.25) is 0 Å². The number of ether oxygens (including phenoxy) is 1.